The van der Waals surface area contributed by atoms with E-state index in [4.69, 9.17) is 0 Å². The summed E-state index contributed by atoms with van der Waals surface area (Å²) >= 11 is 0. The summed E-state index contributed by atoms with van der Waals surface area (Å²) in [4.78, 5) is 26.9. The second kappa shape index (κ2) is 8.89. The number of aliphatic hydroxyl groups is 1. The Bertz CT molecular complexity index is 1050. The number of nitrogens with one attached hydrogen (secondary N) is 1. The number of aromatic nitrogens is 2. The maximum absolute atomic E-state index is 13.8. The molecule has 34 heavy (non-hydrogen) atoms. The van der Waals surface area contributed by atoms with Gasteiger partial charge in [-0.2, -0.15) is 0 Å². The molecule has 0 saturated carbocycles. The minimum Gasteiger partial charge on any atom is -0.387 e. The van der Waals surface area contributed by atoms with Crippen LogP contribution in [0.3, 0.4) is 0 Å². The number of rotatable bonds is 4. The van der Waals surface area contributed by atoms with Crippen molar-refractivity contribution in [2.45, 2.75) is 69.6 Å². The van der Waals surface area contributed by atoms with Crippen LogP contribution in [-0.2, 0) is 4.79 Å². The van der Waals surface area contributed by atoms with Gasteiger partial charge < -0.3 is 20.2 Å². The van der Waals surface area contributed by atoms with Gasteiger partial charge in [-0.15, -0.1) is 0 Å². The Morgan fingerprint density at radius 3 is 2.53 bits per heavy atom. The number of anilines is 1. The third kappa shape index (κ3) is 4.29. The number of halogens is 1. The van der Waals surface area contributed by atoms with Crippen molar-refractivity contribution in [3.05, 3.63) is 53.2 Å². The van der Waals surface area contributed by atoms with Crippen LogP contribution < -0.4 is 10.2 Å². The Balaban J connectivity index is 1.33. The van der Waals surface area contributed by atoms with Gasteiger partial charge in [0.25, 0.3) is 0 Å². The van der Waals surface area contributed by atoms with Crippen LogP contribution in [0.15, 0.2) is 30.6 Å². The lowest BCUT2D eigenvalue weighted by Crippen LogP contribution is -2.53. The maximum Gasteiger partial charge on any atom is 0.231 e. The lowest BCUT2D eigenvalue weighted by atomic mass is 9.88. The van der Waals surface area contributed by atoms with Crippen LogP contribution in [0.2, 0.25) is 0 Å². The summed E-state index contributed by atoms with van der Waals surface area (Å²) in [6.07, 6.45) is 3.58. The minimum absolute atomic E-state index is 0.0173. The van der Waals surface area contributed by atoms with Crippen LogP contribution in [0.25, 0.3) is 0 Å². The zero-order valence-electron chi connectivity index (χ0n) is 20.2. The predicted molar refractivity (Wildman–Crippen MR) is 128 cm³/mol. The number of carbonyl (C=O) groups is 1. The molecule has 2 unspecified atom stereocenters. The second-order valence-corrected chi connectivity index (χ2v) is 10.7. The van der Waals surface area contributed by atoms with E-state index in [1.54, 1.807) is 12.1 Å². The SMILES string of the molecule is C[C@@H]1C[C@@H](O)c2ncnc(N3CCN(C(=O)C(c4ccc(F)cc4)C4CCC(C)(C)N4)CC3)c21. The highest BCUT2D eigenvalue weighted by molar-refractivity contribution is 5.85. The molecule has 7 nitrogen and oxygen atoms in total. The Labute approximate surface area is 200 Å². The van der Waals surface area contributed by atoms with Gasteiger partial charge in [0.05, 0.1) is 17.7 Å². The molecule has 2 fully saturated rings. The van der Waals surface area contributed by atoms with Crippen LogP contribution in [0.1, 0.15) is 74.8 Å². The third-order valence-electron chi connectivity index (χ3n) is 7.72. The quantitative estimate of drug-likeness (QED) is 0.719. The summed E-state index contributed by atoms with van der Waals surface area (Å²) in [5.74, 6) is 0.557. The maximum atomic E-state index is 13.8. The van der Waals surface area contributed by atoms with Gasteiger partial charge in [-0.25, -0.2) is 14.4 Å². The van der Waals surface area contributed by atoms with Crippen molar-refractivity contribution in [2.75, 3.05) is 31.1 Å². The average molecular weight is 468 g/mol. The van der Waals surface area contributed by atoms with Crippen molar-refractivity contribution in [1.82, 2.24) is 20.2 Å². The van der Waals surface area contributed by atoms with Gasteiger partial charge in [-0.1, -0.05) is 19.1 Å². The summed E-state index contributed by atoms with van der Waals surface area (Å²) in [6, 6.07) is 6.41. The largest absolute Gasteiger partial charge is 0.387 e. The van der Waals surface area contributed by atoms with Crippen LogP contribution >= 0.6 is 0 Å². The van der Waals surface area contributed by atoms with E-state index in [1.807, 2.05) is 4.90 Å². The number of carbonyl (C=O) groups excluding carboxylic acids is 1. The number of benzene rings is 1. The molecule has 8 heteroatoms. The summed E-state index contributed by atoms with van der Waals surface area (Å²) in [6.45, 7) is 8.98. The molecule has 3 aliphatic rings. The van der Waals surface area contributed by atoms with Gasteiger partial charge in [-0.05, 0) is 56.7 Å². The fourth-order valence-electron chi connectivity index (χ4n) is 5.92. The highest BCUT2D eigenvalue weighted by Crippen LogP contribution is 2.43. The number of hydrogen-bond acceptors (Lipinski definition) is 6. The summed E-state index contributed by atoms with van der Waals surface area (Å²) in [7, 11) is 0. The molecule has 2 aliphatic heterocycles. The van der Waals surface area contributed by atoms with Crippen molar-refractivity contribution >= 4 is 11.7 Å². The van der Waals surface area contributed by atoms with E-state index >= 15 is 0 Å². The molecule has 182 valence electrons. The minimum atomic E-state index is -0.533. The lowest BCUT2D eigenvalue weighted by Gasteiger charge is -2.39. The lowest BCUT2D eigenvalue weighted by molar-refractivity contribution is -0.133. The van der Waals surface area contributed by atoms with Crippen LogP contribution in [0.4, 0.5) is 10.2 Å². The molecule has 5 rings (SSSR count). The van der Waals surface area contributed by atoms with Gasteiger partial charge in [-0.3, -0.25) is 4.79 Å². The predicted octanol–water partition coefficient (Wildman–Crippen LogP) is 3.12. The normalized spacial score (nSPS) is 27.0. The topological polar surface area (TPSA) is 81.6 Å². The fourth-order valence-corrected chi connectivity index (χ4v) is 5.92. The number of fused-ring (bicyclic) bond motifs is 1. The second-order valence-electron chi connectivity index (χ2n) is 10.7. The van der Waals surface area contributed by atoms with E-state index in [1.165, 1.54) is 18.5 Å². The molecule has 4 atom stereocenters. The van der Waals surface area contributed by atoms with Gasteiger partial charge in [0, 0.05) is 43.3 Å². The number of piperazine rings is 1. The number of amides is 1. The highest BCUT2D eigenvalue weighted by Gasteiger charge is 2.41. The first-order valence-corrected chi connectivity index (χ1v) is 12.3. The van der Waals surface area contributed by atoms with Crippen molar-refractivity contribution in [3.63, 3.8) is 0 Å². The molecule has 1 aliphatic carbocycles. The van der Waals surface area contributed by atoms with Crippen molar-refractivity contribution in [1.29, 1.82) is 0 Å². The van der Waals surface area contributed by atoms with E-state index in [9.17, 15) is 14.3 Å². The molecule has 0 spiro atoms. The highest BCUT2D eigenvalue weighted by atomic mass is 19.1. The molecule has 0 radical (unpaired) electrons. The van der Waals surface area contributed by atoms with E-state index in [2.05, 4.69) is 41.0 Å². The summed E-state index contributed by atoms with van der Waals surface area (Å²) in [5, 5.41) is 14.0. The molecule has 2 saturated heterocycles. The van der Waals surface area contributed by atoms with E-state index < -0.39 is 6.10 Å². The first-order valence-electron chi connectivity index (χ1n) is 12.3. The van der Waals surface area contributed by atoms with Gasteiger partial charge >= 0.3 is 0 Å². The number of aliphatic hydroxyl groups excluding tert-OH is 1. The third-order valence-corrected chi connectivity index (χ3v) is 7.72. The molecule has 2 aromatic rings. The molecule has 1 aromatic carbocycles. The number of hydrogen-bond donors (Lipinski definition) is 2. The monoisotopic (exact) mass is 467 g/mol. The zero-order chi connectivity index (χ0) is 24.0. The Morgan fingerprint density at radius 2 is 1.88 bits per heavy atom. The Kier molecular flexibility index (Phi) is 6.06. The zero-order valence-corrected chi connectivity index (χ0v) is 20.2. The van der Waals surface area contributed by atoms with Crippen LogP contribution in [0, 0.1) is 5.82 Å². The van der Waals surface area contributed by atoms with Gasteiger partial charge in [0.2, 0.25) is 5.91 Å². The summed E-state index contributed by atoms with van der Waals surface area (Å²) in [5.41, 5.74) is 2.62. The van der Waals surface area contributed by atoms with Gasteiger partial charge in [0.15, 0.2) is 0 Å². The molecule has 0 bridgehead atoms. The summed E-state index contributed by atoms with van der Waals surface area (Å²) < 4.78 is 13.6. The van der Waals surface area contributed by atoms with Crippen LogP contribution in [-0.4, -0.2) is 63.6 Å². The van der Waals surface area contributed by atoms with E-state index in [-0.39, 0.29) is 35.1 Å². The average Bonchev–Trinajstić information content (AvgIpc) is 3.33. The van der Waals surface area contributed by atoms with E-state index in [0.29, 0.717) is 32.6 Å². The van der Waals surface area contributed by atoms with Gasteiger partial charge in [0.1, 0.15) is 18.0 Å². The van der Waals surface area contributed by atoms with Crippen LogP contribution in [0.5, 0.6) is 0 Å². The molecule has 3 heterocycles. The smallest absolute Gasteiger partial charge is 0.231 e. The Morgan fingerprint density at radius 1 is 1.18 bits per heavy atom. The first kappa shape index (κ1) is 23.2. The first-order chi connectivity index (χ1) is 16.2. The molecular formula is C26H34FN5O2. The molecule has 1 aromatic heterocycles. The van der Waals surface area contributed by atoms with Crippen molar-refractivity contribution < 1.29 is 14.3 Å². The molecule has 2 N–H and O–H groups in total. The standard InChI is InChI=1S/C26H34FN5O2/c1-16-14-20(33)23-21(16)24(29-15-28-23)31-10-12-32(13-11-31)25(34)22(17-4-6-18(27)7-5-17)19-8-9-26(2,3)30-19/h4-7,15-16,19-20,22,30,33H,8-14H2,1-3H3/t16-,19?,20-,22?/m1/s1. The van der Waals surface area contributed by atoms with Crippen molar-refractivity contribution in [3.8, 4) is 0 Å². The van der Waals surface area contributed by atoms with E-state index in [0.717, 1.165) is 35.5 Å². The number of nitrogens with zero attached hydrogens (tertiary/aromatic N) is 4. The Hall–Kier alpha value is -2.58. The van der Waals surface area contributed by atoms with Crippen molar-refractivity contribution in [2.24, 2.45) is 0 Å². The molecule has 1 amide bonds. The fraction of sp³-hybridized carbons (Fsp3) is 0.577. The molecular weight excluding hydrogens is 433 g/mol.